The monoisotopic (exact) mass is 263 g/mol. The number of nitrogens with zero attached hydrogens (tertiary/aromatic N) is 2. The Balaban J connectivity index is 2.19. The van der Waals surface area contributed by atoms with E-state index in [9.17, 15) is 14.9 Å². The highest BCUT2D eigenvalue weighted by molar-refractivity contribution is 5.95. The second-order valence-electron chi connectivity index (χ2n) is 4.74. The molecule has 1 aromatic rings. The minimum Gasteiger partial charge on any atom is -0.393 e. The number of hydrogen-bond acceptors (Lipinski definition) is 4. The standard InChI is InChI=1S/C13H17N3O3/c14-11-9-10(5-6-12(11)16(18)19)13(17)15-7-3-1-2-4-8-15/h5-6,9H,1-4,7-8,14H2. The van der Waals surface area contributed by atoms with Crippen molar-refractivity contribution in [1.29, 1.82) is 0 Å². The van der Waals surface area contributed by atoms with Gasteiger partial charge in [-0.1, -0.05) is 12.8 Å². The third kappa shape index (κ3) is 3.01. The van der Waals surface area contributed by atoms with Crippen LogP contribution in [0, 0.1) is 10.1 Å². The molecule has 0 aliphatic carbocycles. The number of benzene rings is 1. The van der Waals surface area contributed by atoms with Crippen molar-refractivity contribution in [2.24, 2.45) is 0 Å². The molecule has 1 amide bonds. The lowest BCUT2D eigenvalue weighted by atomic mass is 10.1. The maximum absolute atomic E-state index is 12.3. The van der Waals surface area contributed by atoms with Crippen molar-refractivity contribution in [3.8, 4) is 0 Å². The van der Waals surface area contributed by atoms with Gasteiger partial charge in [-0.2, -0.15) is 0 Å². The Morgan fingerprint density at radius 3 is 2.37 bits per heavy atom. The molecule has 0 aromatic heterocycles. The van der Waals surface area contributed by atoms with Crippen molar-refractivity contribution in [2.75, 3.05) is 18.8 Å². The van der Waals surface area contributed by atoms with E-state index in [1.165, 1.54) is 18.2 Å². The van der Waals surface area contributed by atoms with Crippen LogP contribution in [0.15, 0.2) is 18.2 Å². The highest BCUT2D eigenvalue weighted by atomic mass is 16.6. The van der Waals surface area contributed by atoms with Crippen molar-refractivity contribution >= 4 is 17.3 Å². The van der Waals surface area contributed by atoms with Gasteiger partial charge in [0.25, 0.3) is 11.6 Å². The van der Waals surface area contributed by atoms with Gasteiger partial charge in [0.05, 0.1) is 4.92 Å². The summed E-state index contributed by atoms with van der Waals surface area (Å²) in [7, 11) is 0. The van der Waals surface area contributed by atoms with Gasteiger partial charge in [0, 0.05) is 24.7 Å². The topological polar surface area (TPSA) is 89.5 Å². The molecule has 6 nitrogen and oxygen atoms in total. The van der Waals surface area contributed by atoms with Gasteiger partial charge in [-0.3, -0.25) is 14.9 Å². The molecule has 1 saturated heterocycles. The Morgan fingerprint density at radius 2 is 1.84 bits per heavy atom. The number of nitrogen functional groups attached to an aromatic ring is 1. The molecule has 0 unspecified atom stereocenters. The number of rotatable bonds is 2. The average molecular weight is 263 g/mol. The van der Waals surface area contributed by atoms with Crippen molar-refractivity contribution in [3.63, 3.8) is 0 Å². The van der Waals surface area contributed by atoms with Gasteiger partial charge >= 0.3 is 0 Å². The summed E-state index contributed by atoms with van der Waals surface area (Å²) in [5.74, 6) is -0.0940. The summed E-state index contributed by atoms with van der Waals surface area (Å²) in [5, 5.41) is 10.7. The van der Waals surface area contributed by atoms with Crippen LogP contribution in [0.2, 0.25) is 0 Å². The molecule has 102 valence electrons. The Kier molecular flexibility index (Phi) is 3.99. The number of anilines is 1. The molecule has 2 N–H and O–H groups in total. The maximum atomic E-state index is 12.3. The summed E-state index contributed by atoms with van der Waals surface area (Å²) in [5.41, 5.74) is 5.90. The summed E-state index contributed by atoms with van der Waals surface area (Å²) in [6.45, 7) is 1.49. The molecular formula is C13H17N3O3. The lowest BCUT2D eigenvalue weighted by molar-refractivity contribution is -0.383. The highest BCUT2D eigenvalue weighted by Gasteiger charge is 2.20. The number of hydrogen-bond donors (Lipinski definition) is 1. The van der Waals surface area contributed by atoms with Gasteiger partial charge in [0.15, 0.2) is 0 Å². The van der Waals surface area contributed by atoms with Crippen molar-refractivity contribution < 1.29 is 9.72 Å². The fourth-order valence-corrected chi connectivity index (χ4v) is 2.31. The smallest absolute Gasteiger partial charge is 0.292 e. The van der Waals surface area contributed by atoms with Crippen LogP contribution in [0.25, 0.3) is 0 Å². The number of nitro benzene ring substituents is 1. The number of amides is 1. The molecule has 0 bridgehead atoms. The number of nitro groups is 1. The van der Waals surface area contributed by atoms with E-state index in [-0.39, 0.29) is 17.3 Å². The molecule has 0 atom stereocenters. The van der Waals surface area contributed by atoms with Crippen molar-refractivity contribution in [1.82, 2.24) is 4.90 Å². The Hall–Kier alpha value is -2.11. The first kappa shape index (κ1) is 13.3. The van der Waals surface area contributed by atoms with Crippen LogP contribution in [0.1, 0.15) is 36.0 Å². The molecule has 1 fully saturated rings. The summed E-state index contributed by atoms with van der Waals surface area (Å²) in [6.07, 6.45) is 4.31. The zero-order valence-electron chi connectivity index (χ0n) is 10.7. The maximum Gasteiger partial charge on any atom is 0.292 e. The molecule has 1 aliphatic heterocycles. The first-order valence-corrected chi connectivity index (χ1v) is 6.43. The first-order chi connectivity index (χ1) is 9.09. The zero-order chi connectivity index (χ0) is 13.8. The minimum absolute atomic E-state index is 0.0330. The van der Waals surface area contributed by atoms with Crippen LogP contribution in [-0.2, 0) is 0 Å². The van der Waals surface area contributed by atoms with Crippen molar-refractivity contribution in [3.05, 3.63) is 33.9 Å². The van der Waals surface area contributed by atoms with Gasteiger partial charge < -0.3 is 10.6 Å². The van der Waals surface area contributed by atoms with E-state index in [1.807, 2.05) is 0 Å². The first-order valence-electron chi connectivity index (χ1n) is 6.43. The van der Waals surface area contributed by atoms with E-state index in [0.29, 0.717) is 5.56 Å². The highest BCUT2D eigenvalue weighted by Crippen LogP contribution is 2.23. The van der Waals surface area contributed by atoms with Crippen LogP contribution in [0.4, 0.5) is 11.4 Å². The third-order valence-corrected chi connectivity index (χ3v) is 3.36. The van der Waals surface area contributed by atoms with Gasteiger partial charge in [-0.25, -0.2) is 0 Å². The van der Waals surface area contributed by atoms with E-state index >= 15 is 0 Å². The average Bonchev–Trinajstić information content (AvgIpc) is 2.66. The molecule has 6 heteroatoms. The van der Waals surface area contributed by atoms with Crippen LogP contribution in [-0.4, -0.2) is 28.8 Å². The van der Waals surface area contributed by atoms with Gasteiger partial charge in [0.2, 0.25) is 0 Å². The molecule has 1 heterocycles. The Bertz CT molecular complexity index is 494. The van der Waals surface area contributed by atoms with Crippen molar-refractivity contribution in [2.45, 2.75) is 25.7 Å². The third-order valence-electron chi connectivity index (χ3n) is 3.36. The van der Waals surface area contributed by atoms with Crippen LogP contribution in [0.5, 0.6) is 0 Å². The zero-order valence-corrected chi connectivity index (χ0v) is 10.7. The van der Waals surface area contributed by atoms with Gasteiger partial charge in [-0.05, 0) is 25.0 Å². The van der Waals surface area contributed by atoms with E-state index < -0.39 is 4.92 Å². The Morgan fingerprint density at radius 1 is 1.21 bits per heavy atom. The molecule has 0 radical (unpaired) electrons. The van der Waals surface area contributed by atoms with E-state index in [4.69, 9.17) is 5.73 Å². The molecule has 19 heavy (non-hydrogen) atoms. The summed E-state index contributed by atoms with van der Waals surface area (Å²) >= 11 is 0. The molecule has 1 aliphatic rings. The summed E-state index contributed by atoms with van der Waals surface area (Å²) in [6, 6.07) is 4.16. The lowest BCUT2D eigenvalue weighted by Crippen LogP contribution is -2.31. The van der Waals surface area contributed by atoms with Crippen LogP contribution in [0.3, 0.4) is 0 Å². The van der Waals surface area contributed by atoms with E-state index in [2.05, 4.69) is 0 Å². The molecule has 1 aromatic carbocycles. The quantitative estimate of drug-likeness (QED) is 0.503. The normalized spacial score (nSPS) is 15.9. The predicted molar refractivity (Wildman–Crippen MR) is 71.9 cm³/mol. The molecular weight excluding hydrogens is 246 g/mol. The number of carbonyl (C=O) groups is 1. The fourth-order valence-electron chi connectivity index (χ4n) is 2.31. The van der Waals surface area contributed by atoms with Crippen LogP contribution >= 0.6 is 0 Å². The Labute approximate surface area is 111 Å². The second-order valence-corrected chi connectivity index (χ2v) is 4.74. The molecule has 0 saturated carbocycles. The van der Waals surface area contributed by atoms with Gasteiger partial charge in [-0.15, -0.1) is 0 Å². The number of nitrogens with two attached hydrogens (primary N) is 1. The van der Waals surface area contributed by atoms with Crippen LogP contribution < -0.4 is 5.73 Å². The minimum atomic E-state index is -0.546. The summed E-state index contributed by atoms with van der Waals surface area (Å²) < 4.78 is 0. The van der Waals surface area contributed by atoms with E-state index in [0.717, 1.165) is 38.8 Å². The second kappa shape index (κ2) is 5.69. The summed E-state index contributed by atoms with van der Waals surface area (Å²) in [4.78, 5) is 24.2. The SMILES string of the molecule is Nc1cc(C(=O)N2CCCCCC2)ccc1[N+](=O)[O-]. The number of carbonyl (C=O) groups excluding carboxylic acids is 1. The van der Waals surface area contributed by atoms with E-state index in [1.54, 1.807) is 4.90 Å². The largest absolute Gasteiger partial charge is 0.393 e. The lowest BCUT2D eigenvalue weighted by Gasteiger charge is -2.20. The van der Waals surface area contributed by atoms with Gasteiger partial charge in [0.1, 0.15) is 5.69 Å². The number of likely N-dealkylation sites (tertiary alicyclic amines) is 1. The predicted octanol–water partition coefficient (Wildman–Crippen LogP) is 2.19. The molecule has 0 spiro atoms. The molecule has 2 rings (SSSR count). The fraction of sp³-hybridized carbons (Fsp3) is 0.462.